The highest BCUT2D eigenvalue weighted by Crippen LogP contribution is 2.35. The SMILES string of the molecule is O=C1c2c(F)c(F)c(F)c(F)c2C(=O)N1c1ccc(F)cc1F. The molecule has 0 atom stereocenters. The van der Waals surface area contributed by atoms with Gasteiger partial charge in [-0.3, -0.25) is 9.59 Å². The van der Waals surface area contributed by atoms with Crippen molar-refractivity contribution in [2.45, 2.75) is 0 Å². The first-order valence-corrected chi connectivity index (χ1v) is 5.95. The molecule has 0 spiro atoms. The van der Waals surface area contributed by atoms with Gasteiger partial charge in [0.15, 0.2) is 23.3 Å². The van der Waals surface area contributed by atoms with E-state index >= 15 is 0 Å². The Labute approximate surface area is 123 Å². The molecule has 0 saturated carbocycles. The highest BCUT2D eigenvalue weighted by Gasteiger charge is 2.45. The molecule has 2 aromatic carbocycles. The van der Waals surface area contributed by atoms with Crippen LogP contribution in [0.4, 0.5) is 32.0 Å². The predicted molar refractivity (Wildman–Crippen MR) is 63.8 cm³/mol. The van der Waals surface area contributed by atoms with Gasteiger partial charge in [-0.15, -0.1) is 0 Å². The summed E-state index contributed by atoms with van der Waals surface area (Å²) in [6.45, 7) is 0. The Bertz CT molecular complexity index is 849. The van der Waals surface area contributed by atoms with E-state index in [1.165, 1.54) is 0 Å². The minimum atomic E-state index is -2.27. The third-order valence-corrected chi connectivity index (χ3v) is 3.25. The Morgan fingerprint density at radius 2 is 1.17 bits per heavy atom. The molecule has 3 rings (SSSR count). The number of imide groups is 1. The summed E-state index contributed by atoms with van der Waals surface area (Å²) in [6.07, 6.45) is 0. The number of fused-ring (bicyclic) bond motifs is 1. The van der Waals surface area contributed by atoms with E-state index in [0.29, 0.717) is 18.2 Å². The van der Waals surface area contributed by atoms with E-state index in [1.807, 2.05) is 0 Å². The molecular weight excluding hydrogens is 328 g/mol. The fraction of sp³-hybridized carbons (Fsp3) is 0. The second-order valence-electron chi connectivity index (χ2n) is 4.55. The molecule has 0 saturated heterocycles. The van der Waals surface area contributed by atoms with Gasteiger partial charge in [0, 0.05) is 6.07 Å². The summed E-state index contributed by atoms with van der Waals surface area (Å²) < 4.78 is 80.4. The van der Waals surface area contributed by atoms with Crippen molar-refractivity contribution in [1.82, 2.24) is 0 Å². The van der Waals surface area contributed by atoms with E-state index in [9.17, 15) is 35.9 Å². The number of amides is 2. The molecule has 0 aromatic heterocycles. The van der Waals surface area contributed by atoms with Crippen molar-refractivity contribution in [2.75, 3.05) is 4.90 Å². The minimum absolute atomic E-state index is 0.0233. The lowest BCUT2D eigenvalue weighted by atomic mass is 10.1. The average molecular weight is 331 g/mol. The number of anilines is 1. The smallest absolute Gasteiger partial charge is 0.268 e. The molecule has 1 aliphatic heterocycles. The normalized spacial score (nSPS) is 13.7. The van der Waals surface area contributed by atoms with Crippen LogP contribution in [0.15, 0.2) is 18.2 Å². The molecule has 118 valence electrons. The van der Waals surface area contributed by atoms with Gasteiger partial charge >= 0.3 is 0 Å². The van der Waals surface area contributed by atoms with Crippen molar-refractivity contribution < 1.29 is 35.9 Å². The molecule has 2 aromatic rings. The molecule has 1 aliphatic rings. The van der Waals surface area contributed by atoms with Crippen LogP contribution in [-0.4, -0.2) is 11.8 Å². The van der Waals surface area contributed by atoms with Crippen molar-refractivity contribution >= 4 is 17.5 Å². The standard InChI is InChI=1S/C14H3F6NO2/c15-4-1-2-6(5(16)3-4)21-13(22)7-8(14(21)23)10(18)12(20)11(19)9(7)17/h1-3H. The summed E-state index contributed by atoms with van der Waals surface area (Å²) in [6, 6.07) is 1.69. The van der Waals surface area contributed by atoms with Gasteiger partial charge in [-0.2, -0.15) is 0 Å². The van der Waals surface area contributed by atoms with Gasteiger partial charge in [0.05, 0.1) is 16.8 Å². The maximum absolute atomic E-state index is 13.7. The molecule has 1 heterocycles. The fourth-order valence-electron chi connectivity index (χ4n) is 2.23. The Balaban J connectivity index is 2.26. The number of carbonyl (C=O) groups excluding carboxylic acids is 2. The fourth-order valence-corrected chi connectivity index (χ4v) is 2.23. The zero-order valence-electron chi connectivity index (χ0n) is 10.8. The largest absolute Gasteiger partial charge is 0.269 e. The van der Waals surface area contributed by atoms with E-state index in [0.717, 1.165) is 0 Å². The molecule has 9 heteroatoms. The first-order valence-electron chi connectivity index (χ1n) is 5.95. The minimum Gasteiger partial charge on any atom is -0.268 e. The van der Waals surface area contributed by atoms with Crippen molar-refractivity contribution in [1.29, 1.82) is 0 Å². The maximum atomic E-state index is 13.7. The average Bonchev–Trinajstić information content (AvgIpc) is 2.75. The molecule has 2 amide bonds. The van der Waals surface area contributed by atoms with Crippen LogP contribution >= 0.6 is 0 Å². The summed E-state index contributed by atoms with van der Waals surface area (Å²) in [4.78, 5) is 24.0. The quantitative estimate of drug-likeness (QED) is 0.348. The van der Waals surface area contributed by atoms with Gasteiger partial charge in [0.25, 0.3) is 11.8 Å². The number of hydrogen-bond donors (Lipinski definition) is 0. The first-order chi connectivity index (χ1) is 10.8. The molecule has 0 radical (unpaired) electrons. The molecular formula is C14H3F6NO2. The molecule has 0 unspecified atom stereocenters. The van der Waals surface area contributed by atoms with E-state index in [2.05, 4.69) is 0 Å². The third kappa shape index (κ3) is 1.92. The van der Waals surface area contributed by atoms with Crippen LogP contribution in [0.1, 0.15) is 20.7 Å². The third-order valence-electron chi connectivity index (χ3n) is 3.25. The molecule has 0 aliphatic carbocycles. The van der Waals surface area contributed by atoms with Gasteiger partial charge in [-0.1, -0.05) is 0 Å². The lowest BCUT2D eigenvalue weighted by molar-refractivity contribution is 0.0922. The predicted octanol–water partition coefficient (Wildman–Crippen LogP) is 3.32. The van der Waals surface area contributed by atoms with Crippen molar-refractivity contribution in [3.05, 3.63) is 64.2 Å². The molecule has 0 fully saturated rings. The molecule has 0 bridgehead atoms. The van der Waals surface area contributed by atoms with Gasteiger partial charge < -0.3 is 0 Å². The number of hydrogen-bond acceptors (Lipinski definition) is 2. The van der Waals surface area contributed by atoms with Gasteiger partial charge in [0.1, 0.15) is 11.6 Å². The van der Waals surface area contributed by atoms with Crippen LogP contribution in [-0.2, 0) is 0 Å². The van der Waals surface area contributed by atoms with Crippen molar-refractivity contribution in [2.24, 2.45) is 0 Å². The second kappa shape index (κ2) is 4.83. The zero-order valence-corrected chi connectivity index (χ0v) is 10.8. The first kappa shape index (κ1) is 15.1. The van der Waals surface area contributed by atoms with Gasteiger partial charge in [0.2, 0.25) is 0 Å². The molecule has 3 nitrogen and oxygen atoms in total. The zero-order chi connectivity index (χ0) is 17.0. The number of rotatable bonds is 1. The van der Waals surface area contributed by atoms with E-state index in [-0.39, 0.29) is 4.90 Å². The van der Waals surface area contributed by atoms with E-state index in [4.69, 9.17) is 0 Å². The lowest BCUT2D eigenvalue weighted by Gasteiger charge is -2.14. The van der Waals surface area contributed by atoms with Crippen LogP contribution in [0, 0.1) is 34.9 Å². The highest BCUT2D eigenvalue weighted by molar-refractivity contribution is 6.34. The summed E-state index contributed by atoms with van der Waals surface area (Å²) in [5.74, 6) is -14.3. The summed E-state index contributed by atoms with van der Waals surface area (Å²) in [5.41, 5.74) is -3.51. The van der Waals surface area contributed by atoms with Crippen LogP contribution in [0.25, 0.3) is 0 Å². The van der Waals surface area contributed by atoms with E-state index < -0.39 is 63.5 Å². The summed E-state index contributed by atoms with van der Waals surface area (Å²) in [7, 11) is 0. The Kier molecular flexibility index (Phi) is 3.17. The number of benzene rings is 2. The van der Waals surface area contributed by atoms with Crippen LogP contribution in [0.2, 0.25) is 0 Å². The molecule has 0 N–H and O–H groups in total. The van der Waals surface area contributed by atoms with Crippen LogP contribution in [0.3, 0.4) is 0 Å². The monoisotopic (exact) mass is 331 g/mol. The Hall–Kier alpha value is -2.84. The number of carbonyl (C=O) groups is 2. The highest BCUT2D eigenvalue weighted by atomic mass is 19.2. The lowest BCUT2D eigenvalue weighted by Crippen LogP contribution is -2.30. The summed E-state index contributed by atoms with van der Waals surface area (Å²) in [5, 5.41) is 0. The summed E-state index contributed by atoms with van der Waals surface area (Å²) >= 11 is 0. The van der Waals surface area contributed by atoms with Crippen molar-refractivity contribution in [3.8, 4) is 0 Å². The van der Waals surface area contributed by atoms with Gasteiger partial charge in [-0.05, 0) is 12.1 Å². The topological polar surface area (TPSA) is 37.4 Å². The molecule has 23 heavy (non-hydrogen) atoms. The Morgan fingerprint density at radius 3 is 1.61 bits per heavy atom. The van der Waals surface area contributed by atoms with Crippen LogP contribution < -0.4 is 4.90 Å². The number of halogens is 6. The van der Waals surface area contributed by atoms with Crippen molar-refractivity contribution in [3.63, 3.8) is 0 Å². The Morgan fingerprint density at radius 1 is 0.696 bits per heavy atom. The van der Waals surface area contributed by atoms with E-state index in [1.54, 1.807) is 0 Å². The van der Waals surface area contributed by atoms with Crippen LogP contribution in [0.5, 0.6) is 0 Å². The second-order valence-corrected chi connectivity index (χ2v) is 4.55. The number of nitrogens with zero attached hydrogens (tertiary/aromatic N) is 1. The maximum Gasteiger partial charge on any atom is 0.269 e. The van der Waals surface area contributed by atoms with Gasteiger partial charge in [-0.25, -0.2) is 31.2 Å².